The third kappa shape index (κ3) is 4.78. The van der Waals surface area contributed by atoms with Crippen LogP contribution in [0.5, 0.6) is 0 Å². The van der Waals surface area contributed by atoms with Gasteiger partial charge in [0.2, 0.25) is 0 Å². The minimum absolute atomic E-state index is 0.0504. The Kier molecular flexibility index (Phi) is 7.93. The van der Waals surface area contributed by atoms with Gasteiger partial charge in [-0.25, -0.2) is 0 Å². The molecule has 1 heterocycles. The molecule has 4 nitrogen and oxygen atoms in total. The predicted octanol–water partition coefficient (Wildman–Crippen LogP) is 0.930. The fraction of sp³-hybridized carbons (Fsp3) is 1.00. The van der Waals surface area contributed by atoms with Gasteiger partial charge in [-0.2, -0.15) is 0 Å². The highest BCUT2D eigenvalue weighted by Crippen LogP contribution is 2.24. The quantitative estimate of drug-likeness (QED) is 0.679. The molecule has 1 fully saturated rings. The standard InChI is InChI=1S/C10H20O4.C2H6/c1-6(2)3-7-4-8(12)10(13)9(5-11)14-7;1-2/h6-13H,3-5H2,1-2H3;1-2H3. The zero-order valence-electron chi connectivity index (χ0n) is 10.8. The molecule has 16 heavy (non-hydrogen) atoms. The summed E-state index contributed by atoms with van der Waals surface area (Å²) in [6, 6.07) is 0. The van der Waals surface area contributed by atoms with Crippen molar-refractivity contribution in [3.63, 3.8) is 0 Å². The van der Waals surface area contributed by atoms with Crippen LogP contribution in [0.1, 0.15) is 40.5 Å². The van der Waals surface area contributed by atoms with Gasteiger partial charge in [0.05, 0.1) is 18.8 Å². The Morgan fingerprint density at radius 3 is 2.25 bits per heavy atom. The molecule has 4 atom stereocenters. The van der Waals surface area contributed by atoms with Crippen LogP contribution in [0.3, 0.4) is 0 Å². The first-order chi connectivity index (χ1) is 7.54. The molecule has 0 aromatic heterocycles. The average Bonchev–Trinajstić information content (AvgIpc) is 2.25. The highest BCUT2D eigenvalue weighted by Gasteiger charge is 2.36. The van der Waals surface area contributed by atoms with Crippen molar-refractivity contribution in [2.45, 2.75) is 65.0 Å². The van der Waals surface area contributed by atoms with Crippen LogP contribution >= 0.6 is 0 Å². The zero-order chi connectivity index (χ0) is 12.7. The molecule has 0 spiro atoms. The number of hydrogen-bond acceptors (Lipinski definition) is 4. The summed E-state index contributed by atoms with van der Waals surface area (Å²) in [7, 11) is 0. The van der Waals surface area contributed by atoms with Gasteiger partial charge in [0.15, 0.2) is 0 Å². The second-order valence-electron chi connectivity index (χ2n) is 4.40. The van der Waals surface area contributed by atoms with Gasteiger partial charge in [0, 0.05) is 6.42 Å². The van der Waals surface area contributed by atoms with Crippen molar-refractivity contribution >= 4 is 0 Å². The first kappa shape index (κ1) is 15.8. The molecule has 1 saturated heterocycles. The fourth-order valence-electron chi connectivity index (χ4n) is 1.87. The van der Waals surface area contributed by atoms with E-state index in [1.807, 2.05) is 13.8 Å². The van der Waals surface area contributed by atoms with Crippen LogP contribution in [-0.4, -0.2) is 46.3 Å². The van der Waals surface area contributed by atoms with Crippen molar-refractivity contribution in [1.82, 2.24) is 0 Å². The molecule has 0 saturated carbocycles. The Labute approximate surface area is 98.2 Å². The first-order valence-corrected chi connectivity index (χ1v) is 6.17. The average molecular weight is 234 g/mol. The molecule has 4 unspecified atom stereocenters. The molecule has 0 aliphatic carbocycles. The molecule has 0 bridgehead atoms. The van der Waals surface area contributed by atoms with Gasteiger partial charge in [0.25, 0.3) is 0 Å². The molecular formula is C12H26O4. The van der Waals surface area contributed by atoms with Crippen molar-refractivity contribution in [1.29, 1.82) is 0 Å². The van der Waals surface area contributed by atoms with Crippen LogP contribution in [0.15, 0.2) is 0 Å². The van der Waals surface area contributed by atoms with Crippen LogP contribution in [-0.2, 0) is 4.74 Å². The van der Waals surface area contributed by atoms with Gasteiger partial charge < -0.3 is 20.1 Å². The van der Waals surface area contributed by atoms with E-state index in [0.717, 1.165) is 6.42 Å². The van der Waals surface area contributed by atoms with Crippen molar-refractivity contribution in [2.75, 3.05) is 6.61 Å². The molecule has 1 rings (SSSR count). The number of ether oxygens (including phenoxy) is 1. The van der Waals surface area contributed by atoms with Crippen LogP contribution in [0, 0.1) is 5.92 Å². The second kappa shape index (κ2) is 8.01. The topological polar surface area (TPSA) is 69.9 Å². The minimum atomic E-state index is -0.955. The smallest absolute Gasteiger partial charge is 0.109 e. The lowest BCUT2D eigenvalue weighted by Gasteiger charge is -2.37. The maximum Gasteiger partial charge on any atom is 0.109 e. The minimum Gasteiger partial charge on any atom is -0.394 e. The van der Waals surface area contributed by atoms with Crippen molar-refractivity contribution in [3.05, 3.63) is 0 Å². The van der Waals surface area contributed by atoms with Crippen LogP contribution in [0.25, 0.3) is 0 Å². The number of aliphatic hydroxyl groups excluding tert-OH is 3. The summed E-state index contributed by atoms with van der Waals surface area (Å²) in [6.07, 6.45) is -1.11. The number of hydrogen-bond donors (Lipinski definition) is 3. The summed E-state index contributed by atoms with van der Waals surface area (Å²) in [5.74, 6) is 0.488. The molecule has 3 N–H and O–H groups in total. The highest BCUT2D eigenvalue weighted by molar-refractivity contribution is 4.85. The molecular weight excluding hydrogens is 208 g/mol. The van der Waals surface area contributed by atoms with E-state index in [9.17, 15) is 10.2 Å². The third-order valence-corrected chi connectivity index (χ3v) is 2.56. The van der Waals surface area contributed by atoms with E-state index in [0.29, 0.717) is 12.3 Å². The van der Waals surface area contributed by atoms with E-state index in [1.165, 1.54) is 0 Å². The van der Waals surface area contributed by atoms with Gasteiger partial charge in [-0.05, 0) is 12.3 Å². The second-order valence-corrected chi connectivity index (χ2v) is 4.40. The van der Waals surface area contributed by atoms with Crippen molar-refractivity contribution in [2.24, 2.45) is 5.92 Å². The van der Waals surface area contributed by atoms with Crippen LogP contribution in [0.4, 0.5) is 0 Å². The fourth-order valence-corrected chi connectivity index (χ4v) is 1.87. The molecule has 1 aliphatic heterocycles. The Bertz CT molecular complexity index is 172. The Balaban J connectivity index is 0.00000106. The lowest BCUT2D eigenvalue weighted by Crippen LogP contribution is -2.50. The molecule has 4 heteroatoms. The maximum atomic E-state index is 9.52. The lowest BCUT2D eigenvalue weighted by atomic mass is 9.93. The van der Waals surface area contributed by atoms with Gasteiger partial charge in [-0.3, -0.25) is 0 Å². The Morgan fingerprint density at radius 2 is 1.81 bits per heavy atom. The molecule has 0 aromatic rings. The van der Waals surface area contributed by atoms with Gasteiger partial charge in [-0.15, -0.1) is 0 Å². The monoisotopic (exact) mass is 234 g/mol. The summed E-state index contributed by atoms with van der Waals surface area (Å²) < 4.78 is 5.47. The maximum absolute atomic E-state index is 9.52. The Hall–Kier alpha value is -0.160. The molecule has 1 aliphatic rings. The summed E-state index contributed by atoms with van der Waals surface area (Å²) in [4.78, 5) is 0. The highest BCUT2D eigenvalue weighted by atomic mass is 16.5. The summed E-state index contributed by atoms with van der Waals surface area (Å²) in [5.41, 5.74) is 0. The normalized spacial score (nSPS) is 34.5. The van der Waals surface area contributed by atoms with E-state index in [2.05, 4.69) is 13.8 Å². The third-order valence-electron chi connectivity index (χ3n) is 2.56. The van der Waals surface area contributed by atoms with E-state index < -0.39 is 18.3 Å². The molecule has 0 amide bonds. The van der Waals surface area contributed by atoms with E-state index in [4.69, 9.17) is 9.84 Å². The van der Waals surface area contributed by atoms with Crippen LogP contribution in [0.2, 0.25) is 0 Å². The van der Waals surface area contributed by atoms with Gasteiger partial charge >= 0.3 is 0 Å². The predicted molar refractivity (Wildman–Crippen MR) is 63.2 cm³/mol. The molecule has 0 radical (unpaired) electrons. The summed E-state index contributed by atoms with van der Waals surface area (Å²) >= 11 is 0. The van der Waals surface area contributed by atoms with Crippen LogP contribution < -0.4 is 0 Å². The van der Waals surface area contributed by atoms with E-state index in [1.54, 1.807) is 0 Å². The summed E-state index contributed by atoms with van der Waals surface area (Å²) in [6.45, 7) is 7.91. The molecule has 0 aromatic carbocycles. The van der Waals surface area contributed by atoms with E-state index in [-0.39, 0.29) is 12.7 Å². The Morgan fingerprint density at radius 1 is 1.25 bits per heavy atom. The lowest BCUT2D eigenvalue weighted by molar-refractivity contribution is -0.182. The van der Waals surface area contributed by atoms with E-state index >= 15 is 0 Å². The summed E-state index contributed by atoms with van der Waals surface area (Å²) in [5, 5.41) is 27.9. The SMILES string of the molecule is CC.CC(C)CC1CC(O)C(O)C(CO)O1. The van der Waals surface area contributed by atoms with Gasteiger partial charge in [0.1, 0.15) is 12.2 Å². The largest absolute Gasteiger partial charge is 0.394 e. The zero-order valence-corrected chi connectivity index (χ0v) is 10.8. The first-order valence-electron chi connectivity index (χ1n) is 6.17. The number of rotatable bonds is 3. The van der Waals surface area contributed by atoms with Crippen molar-refractivity contribution < 1.29 is 20.1 Å². The molecule has 98 valence electrons. The number of aliphatic hydroxyl groups is 3. The van der Waals surface area contributed by atoms with Gasteiger partial charge in [-0.1, -0.05) is 27.7 Å². The van der Waals surface area contributed by atoms with Crippen molar-refractivity contribution in [3.8, 4) is 0 Å².